The summed E-state index contributed by atoms with van der Waals surface area (Å²) in [5.41, 5.74) is 1.97. The van der Waals surface area contributed by atoms with Gasteiger partial charge in [-0.1, -0.05) is 29.8 Å². The molecule has 3 nitrogen and oxygen atoms in total. The Balaban J connectivity index is 2.58. The Kier molecular flexibility index (Phi) is 4.91. The maximum absolute atomic E-state index is 11.6. The molecule has 0 saturated carbocycles. The number of hydrogen-bond acceptors (Lipinski definition) is 3. The van der Waals surface area contributed by atoms with Gasteiger partial charge in [0.1, 0.15) is 0 Å². The topological polar surface area (TPSA) is 38.3 Å². The van der Waals surface area contributed by atoms with Gasteiger partial charge in [-0.2, -0.15) is 0 Å². The van der Waals surface area contributed by atoms with Crippen molar-refractivity contribution in [2.24, 2.45) is 5.41 Å². The lowest BCUT2D eigenvalue weighted by Crippen LogP contribution is -2.37. The third-order valence-electron chi connectivity index (χ3n) is 3.17. The summed E-state index contributed by atoms with van der Waals surface area (Å²) in [6, 6.07) is 8.63. The molecule has 0 bridgehead atoms. The summed E-state index contributed by atoms with van der Waals surface area (Å²) in [6.45, 7) is 8.52. The maximum atomic E-state index is 11.6. The Bertz CT molecular complexity index is 395. The average Bonchev–Trinajstić information content (AvgIpc) is 2.35. The molecular formula is C15H23NO2. The zero-order chi connectivity index (χ0) is 13.8. The molecule has 1 aromatic carbocycles. The van der Waals surface area contributed by atoms with E-state index in [0.717, 1.165) is 0 Å². The Labute approximate surface area is 110 Å². The van der Waals surface area contributed by atoms with Crippen LogP contribution in [0.15, 0.2) is 24.3 Å². The van der Waals surface area contributed by atoms with E-state index in [1.807, 2.05) is 13.8 Å². The van der Waals surface area contributed by atoms with Crippen LogP contribution in [0.1, 0.15) is 37.9 Å². The van der Waals surface area contributed by atoms with E-state index in [0.29, 0.717) is 6.54 Å². The second-order valence-electron chi connectivity index (χ2n) is 5.39. The van der Waals surface area contributed by atoms with Gasteiger partial charge >= 0.3 is 5.97 Å². The van der Waals surface area contributed by atoms with Crippen LogP contribution in [-0.4, -0.2) is 19.6 Å². The highest BCUT2D eigenvalue weighted by Gasteiger charge is 2.28. The van der Waals surface area contributed by atoms with Gasteiger partial charge in [-0.25, -0.2) is 0 Å². The van der Waals surface area contributed by atoms with Gasteiger partial charge in [0.15, 0.2) is 0 Å². The standard InChI is InChI=1S/C15H23NO2/c1-11-6-8-13(9-7-11)12(2)16-10-15(3,4)14(17)18-5/h6-9,12,16H,10H2,1-5H3. The first-order valence-electron chi connectivity index (χ1n) is 6.25. The van der Waals surface area contributed by atoms with E-state index in [1.165, 1.54) is 18.2 Å². The number of esters is 1. The summed E-state index contributed by atoms with van der Waals surface area (Å²) in [7, 11) is 1.42. The van der Waals surface area contributed by atoms with Gasteiger partial charge in [-0.05, 0) is 33.3 Å². The highest BCUT2D eigenvalue weighted by Crippen LogP contribution is 2.19. The Morgan fingerprint density at radius 1 is 1.33 bits per heavy atom. The summed E-state index contributed by atoms with van der Waals surface area (Å²) in [6.07, 6.45) is 0. The molecule has 0 aliphatic carbocycles. The van der Waals surface area contributed by atoms with Crippen LogP contribution in [0.25, 0.3) is 0 Å². The molecule has 0 heterocycles. The molecule has 0 aliphatic heterocycles. The minimum atomic E-state index is -0.506. The Hall–Kier alpha value is -1.35. The van der Waals surface area contributed by atoms with Crippen LogP contribution in [0.4, 0.5) is 0 Å². The molecule has 1 rings (SSSR count). The van der Waals surface area contributed by atoms with E-state index < -0.39 is 5.41 Å². The quantitative estimate of drug-likeness (QED) is 0.815. The summed E-state index contributed by atoms with van der Waals surface area (Å²) in [4.78, 5) is 11.6. The summed E-state index contributed by atoms with van der Waals surface area (Å²) < 4.78 is 4.79. The average molecular weight is 249 g/mol. The van der Waals surface area contributed by atoms with Gasteiger partial charge in [0.2, 0.25) is 0 Å². The summed E-state index contributed by atoms with van der Waals surface area (Å²) >= 11 is 0. The first kappa shape index (κ1) is 14.7. The van der Waals surface area contributed by atoms with Crippen molar-refractivity contribution in [3.05, 3.63) is 35.4 Å². The number of aryl methyl sites for hydroxylation is 1. The second-order valence-corrected chi connectivity index (χ2v) is 5.39. The predicted molar refractivity (Wildman–Crippen MR) is 73.4 cm³/mol. The van der Waals surface area contributed by atoms with Crippen molar-refractivity contribution in [2.45, 2.75) is 33.7 Å². The molecule has 1 atom stereocenters. The molecule has 1 unspecified atom stereocenters. The molecule has 0 radical (unpaired) electrons. The lowest BCUT2D eigenvalue weighted by atomic mass is 9.93. The molecule has 100 valence electrons. The second kappa shape index (κ2) is 6.01. The van der Waals surface area contributed by atoms with Crippen molar-refractivity contribution >= 4 is 5.97 Å². The number of carbonyl (C=O) groups excluding carboxylic acids is 1. The molecule has 1 N–H and O–H groups in total. The molecule has 18 heavy (non-hydrogen) atoms. The number of hydrogen-bond donors (Lipinski definition) is 1. The lowest BCUT2D eigenvalue weighted by Gasteiger charge is -2.24. The Morgan fingerprint density at radius 3 is 2.39 bits per heavy atom. The molecule has 3 heteroatoms. The van der Waals surface area contributed by atoms with E-state index in [4.69, 9.17) is 4.74 Å². The minimum absolute atomic E-state index is 0.189. The molecule has 0 aliphatic rings. The molecule has 0 saturated heterocycles. The zero-order valence-corrected chi connectivity index (χ0v) is 11.9. The van der Waals surface area contributed by atoms with Crippen LogP contribution < -0.4 is 5.32 Å². The number of carbonyl (C=O) groups is 1. The van der Waals surface area contributed by atoms with Gasteiger partial charge in [0.05, 0.1) is 12.5 Å². The van der Waals surface area contributed by atoms with Crippen molar-refractivity contribution in [2.75, 3.05) is 13.7 Å². The van der Waals surface area contributed by atoms with E-state index in [1.54, 1.807) is 0 Å². The SMILES string of the molecule is COC(=O)C(C)(C)CNC(C)c1ccc(C)cc1. The fourth-order valence-corrected chi connectivity index (χ4v) is 1.73. The maximum Gasteiger partial charge on any atom is 0.312 e. The summed E-state index contributed by atoms with van der Waals surface area (Å²) in [5.74, 6) is -0.189. The molecule has 1 aromatic rings. The predicted octanol–water partition coefficient (Wildman–Crippen LogP) is 2.84. The number of benzene rings is 1. The van der Waals surface area contributed by atoms with Crippen molar-refractivity contribution in [3.63, 3.8) is 0 Å². The van der Waals surface area contributed by atoms with Crippen LogP contribution in [0, 0.1) is 12.3 Å². The van der Waals surface area contributed by atoms with Crippen LogP contribution in [-0.2, 0) is 9.53 Å². The van der Waals surface area contributed by atoms with Gasteiger partial charge in [-0.3, -0.25) is 4.79 Å². The molecule has 0 aromatic heterocycles. The van der Waals surface area contributed by atoms with Crippen LogP contribution in [0.2, 0.25) is 0 Å². The largest absolute Gasteiger partial charge is 0.469 e. The zero-order valence-electron chi connectivity index (χ0n) is 11.9. The van der Waals surface area contributed by atoms with E-state index >= 15 is 0 Å². The fraction of sp³-hybridized carbons (Fsp3) is 0.533. The molecule has 0 fully saturated rings. The first-order valence-corrected chi connectivity index (χ1v) is 6.25. The normalized spacial score (nSPS) is 13.2. The van der Waals surface area contributed by atoms with Crippen LogP contribution >= 0.6 is 0 Å². The van der Waals surface area contributed by atoms with Gasteiger partial charge in [0, 0.05) is 12.6 Å². The van der Waals surface area contributed by atoms with Crippen molar-refractivity contribution in [1.82, 2.24) is 5.32 Å². The minimum Gasteiger partial charge on any atom is -0.469 e. The van der Waals surface area contributed by atoms with Gasteiger partial charge in [0.25, 0.3) is 0 Å². The van der Waals surface area contributed by atoms with Gasteiger partial charge in [-0.15, -0.1) is 0 Å². The van der Waals surface area contributed by atoms with E-state index in [-0.39, 0.29) is 12.0 Å². The van der Waals surface area contributed by atoms with Crippen LogP contribution in [0.5, 0.6) is 0 Å². The number of methoxy groups -OCH3 is 1. The lowest BCUT2D eigenvalue weighted by molar-refractivity contribution is -0.150. The molecule has 0 spiro atoms. The monoisotopic (exact) mass is 249 g/mol. The van der Waals surface area contributed by atoms with E-state index in [2.05, 4.69) is 43.4 Å². The summed E-state index contributed by atoms with van der Waals surface area (Å²) in [5, 5.41) is 3.37. The van der Waals surface area contributed by atoms with Crippen molar-refractivity contribution in [1.29, 1.82) is 0 Å². The first-order chi connectivity index (χ1) is 8.36. The number of nitrogens with one attached hydrogen (secondary N) is 1. The third-order valence-corrected chi connectivity index (χ3v) is 3.17. The van der Waals surface area contributed by atoms with Crippen molar-refractivity contribution < 1.29 is 9.53 Å². The smallest absolute Gasteiger partial charge is 0.312 e. The van der Waals surface area contributed by atoms with Gasteiger partial charge < -0.3 is 10.1 Å². The molecule has 0 amide bonds. The number of rotatable bonds is 5. The fourth-order valence-electron chi connectivity index (χ4n) is 1.73. The van der Waals surface area contributed by atoms with E-state index in [9.17, 15) is 4.79 Å². The van der Waals surface area contributed by atoms with Crippen molar-refractivity contribution in [3.8, 4) is 0 Å². The molecular weight excluding hydrogens is 226 g/mol. The highest BCUT2D eigenvalue weighted by atomic mass is 16.5. The van der Waals surface area contributed by atoms with Crippen LogP contribution in [0.3, 0.4) is 0 Å². The third kappa shape index (κ3) is 3.84. The Morgan fingerprint density at radius 2 is 1.89 bits per heavy atom. The number of ether oxygens (including phenoxy) is 1. The highest BCUT2D eigenvalue weighted by molar-refractivity contribution is 5.76.